The van der Waals surface area contributed by atoms with Crippen molar-refractivity contribution in [3.63, 3.8) is 0 Å². The van der Waals surface area contributed by atoms with Crippen LogP contribution in [0.5, 0.6) is 0 Å². The molecule has 0 saturated carbocycles. The fraction of sp³-hybridized carbons (Fsp3) is 0.241. The molecule has 0 bridgehead atoms. The predicted octanol–water partition coefficient (Wildman–Crippen LogP) is 6.32. The zero-order chi connectivity index (χ0) is 24.2. The number of aromatic nitrogens is 1. The first-order valence-electron chi connectivity index (χ1n) is 12.1. The minimum atomic E-state index is -0.298. The summed E-state index contributed by atoms with van der Waals surface area (Å²) in [4.78, 5) is 22.4. The summed E-state index contributed by atoms with van der Waals surface area (Å²) in [5.74, 6) is 0.577. The molecule has 0 spiro atoms. The highest BCUT2D eigenvalue weighted by molar-refractivity contribution is 6.07. The van der Waals surface area contributed by atoms with Gasteiger partial charge in [0.2, 0.25) is 5.89 Å². The molecule has 0 unspecified atom stereocenters. The van der Waals surface area contributed by atoms with Gasteiger partial charge >= 0.3 is 0 Å². The van der Waals surface area contributed by atoms with Gasteiger partial charge in [0.25, 0.3) is 5.91 Å². The van der Waals surface area contributed by atoms with E-state index in [1.54, 1.807) is 0 Å². The molecule has 1 amide bonds. The zero-order valence-corrected chi connectivity index (χ0v) is 20.2. The molecule has 0 radical (unpaired) electrons. The van der Waals surface area contributed by atoms with Gasteiger partial charge in [-0.05, 0) is 79.9 Å². The molecule has 0 atom stereocenters. The van der Waals surface area contributed by atoms with Crippen molar-refractivity contribution < 1.29 is 9.21 Å². The van der Waals surface area contributed by atoms with Gasteiger partial charge in [0.1, 0.15) is 0 Å². The molecule has 1 fully saturated rings. The van der Waals surface area contributed by atoms with Gasteiger partial charge in [0, 0.05) is 55.4 Å². The molecule has 1 aromatic heterocycles. The number of carbonyl (C=O) groups excluding carboxylic acids is 1. The predicted molar refractivity (Wildman–Crippen MR) is 142 cm³/mol. The van der Waals surface area contributed by atoms with Crippen LogP contribution >= 0.6 is 0 Å². The van der Waals surface area contributed by atoms with E-state index in [4.69, 9.17) is 4.42 Å². The number of piperidine rings is 1. The highest BCUT2D eigenvalue weighted by atomic mass is 16.4. The second-order valence-corrected chi connectivity index (χ2v) is 9.05. The van der Waals surface area contributed by atoms with Crippen LogP contribution in [0.1, 0.15) is 29.8 Å². The van der Waals surface area contributed by atoms with Crippen molar-refractivity contribution in [1.82, 2.24) is 4.98 Å². The fourth-order valence-corrected chi connectivity index (χ4v) is 4.38. The number of hydrogen-bond donors (Lipinski definition) is 1. The monoisotopic (exact) mass is 466 g/mol. The quantitative estimate of drug-likeness (QED) is 0.360. The number of oxazole rings is 1. The molecule has 2 heterocycles. The topological polar surface area (TPSA) is 61.6 Å². The average Bonchev–Trinajstić information content (AvgIpc) is 3.36. The average molecular weight is 467 g/mol. The lowest BCUT2D eigenvalue weighted by Gasteiger charge is -2.28. The molecule has 6 nitrogen and oxygen atoms in total. The summed E-state index contributed by atoms with van der Waals surface area (Å²) in [5.41, 5.74) is 4.88. The maximum atomic E-state index is 13.4. The van der Waals surface area contributed by atoms with Crippen LogP contribution in [-0.2, 0) is 0 Å². The molecule has 0 aliphatic carbocycles. The number of amides is 1. The lowest BCUT2D eigenvalue weighted by molar-refractivity contribution is 0.102. The summed E-state index contributed by atoms with van der Waals surface area (Å²) in [6.45, 7) is 2.17. The first kappa shape index (κ1) is 22.7. The van der Waals surface area contributed by atoms with Gasteiger partial charge in [-0.25, -0.2) is 4.98 Å². The first-order valence-corrected chi connectivity index (χ1v) is 12.1. The van der Waals surface area contributed by atoms with E-state index < -0.39 is 0 Å². The first-order chi connectivity index (χ1) is 17.1. The maximum Gasteiger partial charge on any atom is 0.278 e. The van der Waals surface area contributed by atoms with Gasteiger partial charge in [-0.3, -0.25) is 4.79 Å². The fourth-order valence-electron chi connectivity index (χ4n) is 4.38. The smallest absolute Gasteiger partial charge is 0.278 e. The van der Waals surface area contributed by atoms with Crippen LogP contribution in [-0.4, -0.2) is 38.1 Å². The normalized spacial score (nSPS) is 13.5. The third kappa shape index (κ3) is 5.06. The van der Waals surface area contributed by atoms with E-state index in [1.165, 1.54) is 24.9 Å². The van der Waals surface area contributed by atoms with E-state index in [0.29, 0.717) is 11.7 Å². The summed E-state index contributed by atoms with van der Waals surface area (Å²) in [5, 5.41) is 3.00. The van der Waals surface area contributed by atoms with E-state index in [9.17, 15) is 4.79 Å². The molecule has 4 aromatic rings. The van der Waals surface area contributed by atoms with Gasteiger partial charge in [-0.2, -0.15) is 0 Å². The highest BCUT2D eigenvalue weighted by Gasteiger charge is 2.23. The standard InChI is InChI=1S/C29H30N4O2/c1-32(2)24-15-11-21(12-16-24)27-26(31-29(35-27)22-9-5-3-6-10-22)28(34)30-23-13-17-25(18-14-23)33-19-7-4-8-20-33/h3,5-6,9-18H,4,7-8,19-20H2,1-2H3,(H,30,34). The van der Waals surface area contributed by atoms with Gasteiger partial charge < -0.3 is 19.5 Å². The van der Waals surface area contributed by atoms with Crippen LogP contribution in [0.25, 0.3) is 22.8 Å². The summed E-state index contributed by atoms with van der Waals surface area (Å²) in [7, 11) is 3.98. The van der Waals surface area contributed by atoms with Crippen molar-refractivity contribution in [2.24, 2.45) is 0 Å². The second kappa shape index (κ2) is 10.1. The molecule has 178 valence electrons. The van der Waals surface area contributed by atoms with Crippen LogP contribution in [0.4, 0.5) is 17.1 Å². The SMILES string of the molecule is CN(C)c1ccc(-c2oc(-c3ccccc3)nc2C(=O)Nc2ccc(N3CCCCC3)cc2)cc1. The molecule has 1 saturated heterocycles. The summed E-state index contributed by atoms with van der Waals surface area (Å²) in [6.07, 6.45) is 3.76. The number of anilines is 3. The summed E-state index contributed by atoms with van der Waals surface area (Å²) < 4.78 is 6.15. The lowest BCUT2D eigenvalue weighted by Crippen LogP contribution is -2.29. The number of carbonyl (C=O) groups is 1. The van der Waals surface area contributed by atoms with Gasteiger partial charge in [0.05, 0.1) is 0 Å². The Balaban J connectivity index is 1.43. The van der Waals surface area contributed by atoms with Crippen molar-refractivity contribution in [3.05, 3.63) is 84.6 Å². The van der Waals surface area contributed by atoms with E-state index in [0.717, 1.165) is 35.6 Å². The van der Waals surface area contributed by atoms with Gasteiger partial charge in [0.15, 0.2) is 11.5 Å². The Kier molecular flexibility index (Phi) is 6.53. The maximum absolute atomic E-state index is 13.4. The van der Waals surface area contributed by atoms with E-state index in [1.807, 2.05) is 85.7 Å². The summed E-state index contributed by atoms with van der Waals surface area (Å²) >= 11 is 0. The Hall–Kier alpha value is -4.06. The van der Waals surface area contributed by atoms with Crippen LogP contribution < -0.4 is 15.1 Å². The lowest BCUT2D eigenvalue weighted by atomic mass is 10.1. The number of rotatable bonds is 6. The molecule has 1 N–H and O–H groups in total. The highest BCUT2D eigenvalue weighted by Crippen LogP contribution is 2.32. The van der Waals surface area contributed by atoms with Crippen molar-refractivity contribution in [2.75, 3.05) is 42.3 Å². The minimum Gasteiger partial charge on any atom is -0.435 e. The zero-order valence-electron chi connectivity index (χ0n) is 20.2. The Morgan fingerprint density at radius 1 is 0.857 bits per heavy atom. The van der Waals surface area contributed by atoms with Crippen molar-refractivity contribution in [3.8, 4) is 22.8 Å². The third-order valence-electron chi connectivity index (χ3n) is 6.36. The van der Waals surface area contributed by atoms with Crippen molar-refractivity contribution in [2.45, 2.75) is 19.3 Å². The molecular formula is C29H30N4O2. The van der Waals surface area contributed by atoms with Crippen LogP contribution in [0.3, 0.4) is 0 Å². The van der Waals surface area contributed by atoms with Crippen molar-refractivity contribution >= 4 is 23.0 Å². The van der Waals surface area contributed by atoms with Gasteiger partial charge in [-0.1, -0.05) is 18.2 Å². The van der Waals surface area contributed by atoms with E-state index in [2.05, 4.69) is 27.3 Å². The Labute approximate surface area is 206 Å². The van der Waals surface area contributed by atoms with Crippen LogP contribution in [0.2, 0.25) is 0 Å². The second-order valence-electron chi connectivity index (χ2n) is 9.05. The number of benzene rings is 3. The van der Waals surface area contributed by atoms with Crippen molar-refractivity contribution in [1.29, 1.82) is 0 Å². The minimum absolute atomic E-state index is 0.265. The number of nitrogens with one attached hydrogen (secondary N) is 1. The van der Waals surface area contributed by atoms with E-state index >= 15 is 0 Å². The Morgan fingerprint density at radius 3 is 2.20 bits per heavy atom. The number of nitrogens with zero attached hydrogens (tertiary/aromatic N) is 3. The largest absolute Gasteiger partial charge is 0.435 e. The van der Waals surface area contributed by atoms with Gasteiger partial charge in [-0.15, -0.1) is 0 Å². The van der Waals surface area contributed by atoms with Crippen LogP contribution in [0, 0.1) is 0 Å². The molecular weight excluding hydrogens is 436 g/mol. The Morgan fingerprint density at radius 2 is 1.54 bits per heavy atom. The molecule has 35 heavy (non-hydrogen) atoms. The molecule has 1 aliphatic rings. The summed E-state index contributed by atoms with van der Waals surface area (Å²) in [6, 6.07) is 25.6. The Bertz CT molecular complexity index is 1270. The van der Waals surface area contributed by atoms with E-state index in [-0.39, 0.29) is 11.6 Å². The molecule has 3 aromatic carbocycles. The molecule has 1 aliphatic heterocycles. The third-order valence-corrected chi connectivity index (χ3v) is 6.36. The number of hydrogen-bond acceptors (Lipinski definition) is 5. The molecule has 5 rings (SSSR count). The van der Waals surface area contributed by atoms with Crippen LogP contribution in [0.15, 0.2) is 83.3 Å². The molecule has 6 heteroatoms.